The first-order valence-corrected chi connectivity index (χ1v) is 9.85. The van der Waals surface area contributed by atoms with Crippen LogP contribution in [0.25, 0.3) is 0 Å². The standard InChI is InChI=1S/C21H25ClN4O3/c1-15(20(27)24-17-4-3-5-19(14-17)29-2)23-21(28)26-12-10-25(11-13-26)18-8-6-16(22)7-9-18/h3-9,14-15H,10-13H2,1-2H3,(H,23,28)(H,24,27). The van der Waals surface area contributed by atoms with E-state index in [2.05, 4.69) is 15.5 Å². The van der Waals surface area contributed by atoms with Crippen LogP contribution >= 0.6 is 11.6 Å². The summed E-state index contributed by atoms with van der Waals surface area (Å²) in [5, 5.41) is 6.26. The van der Waals surface area contributed by atoms with E-state index < -0.39 is 6.04 Å². The van der Waals surface area contributed by atoms with Gasteiger partial charge in [0.1, 0.15) is 11.8 Å². The van der Waals surface area contributed by atoms with Crippen LogP contribution in [0.2, 0.25) is 5.02 Å². The topological polar surface area (TPSA) is 73.9 Å². The predicted octanol–water partition coefficient (Wildman–Crippen LogP) is 3.21. The van der Waals surface area contributed by atoms with Crippen LogP contribution < -0.4 is 20.3 Å². The number of urea groups is 1. The van der Waals surface area contributed by atoms with Crippen molar-refractivity contribution in [3.05, 3.63) is 53.6 Å². The first kappa shape index (κ1) is 20.8. The summed E-state index contributed by atoms with van der Waals surface area (Å²) in [5.74, 6) is 0.365. The summed E-state index contributed by atoms with van der Waals surface area (Å²) >= 11 is 5.94. The fourth-order valence-corrected chi connectivity index (χ4v) is 3.24. The fourth-order valence-electron chi connectivity index (χ4n) is 3.11. The number of carbonyl (C=O) groups excluding carboxylic acids is 2. The number of anilines is 2. The highest BCUT2D eigenvalue weighted by Crippen LogP contribution is 2.20. The number of carbonyl (C=O) groups is 2. The molecular formula is C21H25ClN4O3. The van der Waals surface area contributed by atoms with Crippen LogP contribution in [0.3, 0.4) is 0 Å². The minimum absolute atomic E-state index is 0.242. The Balaban J connectivity index is 1.48. The minimum atomic E-state index is -0.664. The molecule has 3 amide bonds. The average Bonchev–Trinajstić information content (AvgIpc) is 2.74. The quantitative estimate of drug-likeness (QED) is 0.784. The third-order valence-corrected chi connectivity index (χ3v) is 5.08. The molecule has 0 saturated carbocycles. The summed E-state index contributed by atoms with van der Waals surface area (Å²) in [6, 6.07) is 13.8. The molecule has 154 valence electrons. The Hall–Kier alpha value is -2.93. The molecule has 1 aliphatic heterocycles. The van der Waals surface area contributed by atoms with Gasteiger partial charge in [-0.15, -0.1) is 0 Å². The van der Waals surface area contributed by atoms with Crippen LogP contribution in [0, 0.1) is 0 Å². The number of piperazine rings is 1. The molecule has 1 aliphatic rings. The molecule has 0 bridgehead atoms. The maximum absolute atomic E-state index is 12.5. The summed E-state index contributed by atoms with van der Waals surface area (Å²) < 4.78 is 5.15. The lowest BCUT2D eigenvalue weighted by Crippen LogP contribution is -2.54. The molecule has 1 saturated heterocycles. The number of hydrogen-bond donors (Lipinski definition) is 2. The molecule has 0 aliphatic carbocycles. The molecule has 2 aromatic carbocycles. The Morgan fingerprint density at radius 3 is 2.41 bits per heavy atom. The molecule has 0 radical (unpaired) electrons. The van der Waals surface area contributed by atoms with Crippen molar-refractivity contribution in [1.82, 2.24) is 10.2 Å². The number of nitrogens with zero attached hydrogens (tertiary/aromatic N) is 2. The van der Waals surface area contributed by atoms with E-state index in [0.717, 1.165) is 18.8 Å². The van der Waals surface area contributed by atoms with Crippen molar-refractivity contribution in [1.29, 1.82) is 0 Å². The van der Waals surface area contributed by atoms with E-state index in [9.17, 15) is 9.59 Å². The van der Waals surface area contributed by atoms with Gasteiger partial charge in [-0.25, -0.2) is 4.79 Å². The van der Waals surface area contributed by atoms with Crippen molar-refractivity contribution in [2.75, 3.05) is 43.5 Å². The second-order valence-corrected chi connectivity index (χ2v) is 7.28. The lowest BCUT2D eigenvalue weighted by Gasteiger charge is -2.36. The zero-order valence-electron chi connectivity index (χ0n) is 16.5. The lowest BCUT2D eigenvalue weighted by molar-refractivity contribution is -0.117. The second-order valence-electron chi connectivity index (χ2n) is 6.84. The van der Waals surface area contributed by atoms with Crippen LogP contribution in [0.5, 0.6) is 5.75 Å². The Labute approximate surface area is 175 Å². The molecule has 1 unspecified atom stereocenters. The largest absolute Gasteiger partial charge is 0.497 e. The highest BCUT2D eigenvalue weighted by atomic mass is 35.5. The van der Waals surface area contributed by atoms with Crippen LogP contribution in [-0.2, 0) is 4.79 Å². The minimum Gasteiger partial charge on any atom is -0.497 e. The average molecular weight is 417 g/mol. The van der Waals surface area contributed by atoms with Gasteiger partial charge in [0.05, 0.1) is 7.11 Å². The van der Waals surface area contributed by atoms with Crippen LogP contribution in [0.15, 0.2) is 48.5 Å². The van der Waals surface area contributed by atoms with Crippen molar-refractivity contribution in [3.63, 3.8) is 0 Å². The lowest BCUT2D eigenvalue weighted by atomic mass is 10.2. The third kappa shape index (κ3) is 5.54. The monoisotopic (exact) mass is 416 g/mol. The number of methoxy groups -OCH3 is 1. The number of amides is 3. The summed E-state index contributed by atoms with van der Waals surface area (Å²) in [6.45, 7) is 4.27. The molecule has 29 heavy (non-hydrogen) atoms. The molecular weight excluding hydrogens is 392 g/mol. The highest BCUT2D eigenvalue weighted by Gasteiger charge is 2.24. The molecule has 7 nitrogen and oxygen atoms in total. The van der Waals surface area contributed by atoms with E-state index in [4.69, 9.17) is 16.3 Å². The molecule has 1 atom stereocenters. The molecule has 8 heteroatoms. The van der Waals surface area contributed by atoms with Gasteiger partial charge < -0.3 is 25.2 Å². The van der Waals surface area contributed by atoms with Gasteiger partial charge in [0.2, 0.25) is 5.91 Å². The van der Waals surface area contributed by atoms with Crippen molar-refractivity contribution >= 4 is 34.9 Å². The van der Waals surface area contributed by atoms with E-state index >= 15 is 0 Å². The highest BCUT2D eigenvalue weighted by molar-refractivity contribution is 6.30. The van der Waals surface area contributed by atoms with Crippen molar-refractivity contribution in [2.24, 2.45) is 0 Å². The van der Waals surface area contributed by atoms with Gasteiger partial charge in [-0.05, 0) is 43.3 Å². The van der Waals surface area contributed by atoms with Crippen LogP contribution in [-0.4, -0.2) is 56.2 Å². The van der Waals surface area contributed by atoms with Gasteiger partial charge in [0.15, 0.2) is 0 Å². The Kier molecular flexibility index (Phi) is 6.82. The van der Waals surface area contributed by atoms with Crippen molar-refractivity contribution in [3.8, 4) is 5.75 Å². The molecule has 2 N–H and O–H groups in total. The van der Waals surface area contributed by atoms with E-state index in [1.807, 2.05) is 24.3 Å². The van der Waals surface area contributed by atoms with Crippen molar-refractivity contribution < 1.29 is 14.3 Å². The number of ether oxygens (including phenoxy) is 1. The normalized spacial score (nSPS) is 14.9. The predicted molar refractivity (Wildman–Crippen MR) is 115 cm³/mol. The zero-order valence-corrected chi connectivity index (χ0v) is 17.3. The smallest absolute Gasteiger partial charge is 0.318 e. The Morgan fingerprint density at radius 1 is 1.07 bits per heavy atom. The van der Waals surface area contributed by atoms with Crippen LogP contribution in [0.4, 0.5) is 16.2 Å². The maximum atomic E-state index is 12.5. The maximum Gasteiger partial charge on any atom is 0.318 e. The summed E-state index contributed by atoms with van der Waals surface area (Å²) in [7, 11) is 1.57. The molecule has 1 heterocycles. The summed E-state index contributed by atoms with van der Waals surface area (Å²) in [5.41, 5.74) is 1.70. The Morgan fingerprint density at radius 2 is 1.76 bits per heavy atom. The number of nitrogens with one attached hydrogen (secondary N) is 2. The van der Waals surface area contributed by atoms with Gasteiger partial charge in [-0.3, -0.25) is 4.79 Å². The summed E-state index contributed by atoms with van der Waals surface area (Å²) in [6.07, 6.45) is 0. The number of benzene rings is 2. The van der Waals surface area contributed by atoms with E-state index in [-0.39, 0.29) is 11.9 Å². The van der Waals surface area contributed by atoms with E-state index in [1.165, 1.54) is 0 Å². The first-order valence-electron chi connectivity index (χ1n) is 9.47. The third-order valence-electron chi connectivity index (χ3n) is 4.83. The number of halogens is 1. The first-order chi connectivity index (χ1) is 14.0. The fraction of sp³-hybridized carbons (Fsp3) is 0.333. The molecule has 2 aromatic rings. The number of hydrogen-bond acceptors (Lipinski definition) is 4. The molecule has 0 spiro atoms. The van der Waals surface area contributed by atoms with E-state index in [1.54, 1.807) is 43.2 Å². The SMILES string of the molecule is COc1cccc(NC(=O)C(C)NC(=O)N2CCN(c3ccc(Cl)cc3)CC2)c1. The molecule has 3 rings (SSSR count). The zero-order chi connectivity index (χ0) is 20.8. The second kappa shape index (κ2) is 9.52. The van der Waals surface area contributed by atoms with E-state index in [0.29, 0.717) is 29.5 Å². The van der Waals surface area contributed by atoms with Gasteiger partial charge in [-0.1, -0.05) is 17.7 Å². The molecule has 1 fully saturated rings. The van der Waals surface area contributed by atoms with Gasteiger partial charge in [0, 0.05) is 48.6 Å². The van der Waals surface area contributed by atoms with Gasteiger partial charge >= 0.3 is 6.03 Å². The number of rotatable bonds is 5. The Bertz CT molecular complexity index is 851. The molecule has 0 aromatic heterocycles. The van der Waals surface area contributed by atoms with Crippen molar-refractivity contribution in [2.45, 2.75) is 13.0 Å². The van der Waals surface area contributed by atoms with Gasteiger partial charge in [-0.2, -0.15) is 0 Å². The van der Waals surface area contributed by atoms with Crippen LogP contribution in [0.1, 0.15) is 6.92 Å². The van der Waals surface area contributed by atoms with Gasteiger partial charge in [0.25, 0.3) is 0 Å². The summed E-state index contributed by atoms with van der Waals surface area (Å²) in [4.78, 5) is 28.9.